The lowest BCUT2D eigenvalue weighted by atomic mass is 10.8. The van der Waals surface area contributed by atoms with E-state index in [2.05, 4.69) is 23.3 Å². The van der Waals surface area contributed by atoms with Gasteiger partial charge in [-0.1, -0.05) is 0 Å². The number of hydrogen-bond acceptors (Lipinski definition) is 5. The van der Waals surface area contributed by atoms with Crippen LogP contribution in [0.4, 0.5) is 0 Å². The van der Waals surface area contributed by atoms with E-state index in [1.807, 2.05) is 31.4 Å². The van der Waals surface area contributed by atoms with Crippen molar-refractivity contribution in [2.45, 2.75) is 6.92 Å². The summed E-state index contributed by atoms with van der Waals surface area (Å²) >= 11 is 0. The molecular weight excluding hydrogens is 130 g/mol. The van der Waals surface area contributed by atoms with Crippen molar-refractivity contribution in [2.75, 3.05) is 27.7 Å². The van der Waals surface area contributed by atoms with Crippen molar-refractivity contribution in [3.63, 3.8) is 0 Å². The van der Waals surface area contributed by atoms with Crippen molar-refractivity contribution in [2.24, 2.45) is 0 Å². The topological polar surface area (TPSA) is 42.6 Å². The van der Waals surface area contributed by atoms with Gasteiger partial charge in [0.05, 0.1) is 0 Å². The van der Waals surface area contributed by atoms with Crippen LogP contribution in [-0.4, -0.2) is 37.9 Å². The zero-order chi connectivity index (χ0) is 7.98. The molecule has 3 N–H and O–H groups in total. The fourth-order valence-electron chi connectivity index (χ4n) is 0.742. The van der Waals surface area contributed by atoms with E-state index in [0.29, 0.717) is 0 Å². The quantitative estimate of drug-likeness (QED) is 0.432. The third-order valence-electron chi connectivity index (χ3n) is 1.19. The number of hydrogen-bond donors (Lipinski definition) is 3. The van der Waals surface area contributed by atoms with Crippen LogP contribution in [0.15, 0.2) is 0 Å². The molecule has 0 aromatic carbocycles. The molecule has 0 aromatic heterocycles. The Morgan fingerprint density at radius 2 is 1.90 bits per heavy atom. The van der Waals surface area contributed by atoms with Gasteiger partial charge in [-0.2, -0.15) is 15.8 Å². The molecule has 0 spiro atoms. The first-order valence-electron chi connectivity index (χ1n) is 3.37. The summed E-state index contributed by atoms with van der Waals surface area (Å²) in [6, 6.07) is 0. The average molecular weight is 147 g/mol. The highest BCUT2D eigenvalue weighted by Gasteiger charge is 2.02. The molecule has 0 saturated carbocycles. The van der Waals surface area contributed by atoms with Crippen LogP contribution in [0.3, 0.4) is 0 Å². The molecule has 0 radical (unpaired) electrons. The SMILES string of the molecule is CCN(NC)N(C)NNC. The Morgan fingerprint density at radius 1 is 1.30 bits per heavy atom. The minimum atomic E-state index is 0.904. The summed E-state index contributed by atoms with van der Waals surface area (Å²) in [6.07, 6.45) is 0. The maximum absolute atomic E-state index is 2.99. The van der Waals surface area contributed by atoms with Crippen molar-refractivity contribution >= 4 is 0 Å². The van der Waals surface area contributed by atoms with E-state index in [9.17, 15) is 0 Å². The zero-order valence-corrected chi connectivity index (χ0v) is 7.10. The maximum atomic E-state index is 2.99. The first-order valence-corrected chi connectivity index (χ1v) is 3.37. The van der Waals surface area contributed by atoms with Gasteiger partial charge < -0.3 is 0 Å². The predicted molar refractivity (Wildman–Crippen MR) is 41.4 cm³/mol. The predicted octanol–water partition coefficient (Wildman–Crippen LogP) is -1.07. The van der Waals surface area contributed by atoms with Crippen molar-refractivity contribution in [1.29, 1.82) is 0 Å². The number of nitrogens with one attached hydrogen (secondary N) is 3. The van der Waals surface area contributed by atoms with Gasteiger partial charge in [0, 0.05) is 20.6 Å². The molecule has 0 heterocycles. The molecular formula is C5H17N5. The van der Waals surface area contributed by atoms with Crippen LogP contribution in [0.5, 0.6) is 0 Å². The fourth-order valence-corrected chi connectivity index (χ4v) is 0.742. The highest BCUT2D eigenvalue weighted by atomic mass is 15.9. The third kappa shape index (κ3) is 3.09. The van der Waals surface area contributed by atoms with Crippen molar-refractivity contribution < 1.29 is 0 Å². The Labute approximate surface area is 62.2 Å². The molecule has 0 saturated heterocycles. The molecule has 0 rings (SSSR count). The summed E-state index contributed by atoms with van der Waals surface area (Å²) in [5, 5.41) is 3.73. The van der Waals surface area contributed by atoms with E-state index >= 15 is 0 Å². The van der Waals surface area contributed by atoms with Crippen LogP contribution in [-0.2, 0) is 0 Å². The Bertz CT molecular complexity index is 72.4. The van der Waals surface area contributed by atoms with Gasteiger partial charge in [-0.05, 0) is 14.0 Å². The molecule has 0 aliphatic heterocycles. The number of rotatable bonds is 5. The molecule has 0 bridgehead atoms. The minimum absolute atomic E-state index is 0.904. The third-order valence-corrected chi connectivity index (χ3v) is 1.19. The van der Waals surface area contributed by atoms with Crippen LogP contribution < -0.4 is 16.4 Å². The summed E-state index contributed by atoms with van der Waals surface area (Å²) in [5.41, 5.74) is 8.70. The van der Waals surface area contributed by atoms with Gasteiger partial charge in [0.2, 0.25) is 0 Å². The Morgan fingerprint density at radius 3 is 2.20 bits per heavy atom. The van der Waals surface area contributed by atoms with Gasteiger partial charge in [-0.15, -0.1) is 0 Å². The molecule has 0 amide bonds. The second-order valence-electron chi connectivity index (χ2n) is 1.82. The van der Waals surface area contributed by atoms with E-state index in [1.54, 1.807) is 0 Å². The van der Waals surface area contributed by atoms with Crippen LogP contribution in [0.2, 0.25) is 0 Å². The summed E-state index contributed by atoms with van der Waals surface area (Å²) in [5.74, 6) is 0. The number of hydrazine groups is 4. The number of nitrogens with zero attached hydrogens (tertiary/aromatic N) is 2. The lowest BCUT2D eigenvalue weighted by Crippen LogP contribution is -2.56. The lowest BCUT2D eigenvalue weighted by molar-refractivity contribution is -0.0885. The van der Waals surface area contributed by atoms with Gasteiger partial charge in [0.1, 0.15) is 0 Å². The van der Waals surface area contributed by atoms with Crippen molar-refractivity contribution in [1.82, 2.24) is 26.6 Å². The second kappa shape index (κ2) is 5.57. The van der Waals surface area contributed by atoms with Crippen molar-refractivity contribution in [3.05, 3.63) is 0 Å². The van der Waals surface area contributed by atoms with Gasteiger partial charge in [-0.25, -0.2) is 10.9 Å². The van der Waals surface area contributed by atoms with Crippen LogP contribution in [0.25, 0.3) is 0 Å². The highest BCUT2D eigenvalue weighted by Crippen LogP contribution is 1.80. The van der Waals surface area contributed by atoms with Crippen LogP contribution >= 0.6 is 0 Å². The molecule has 0 fully saturated rings. The molecule has 62 valence electrons. The minimum Gasteiger partial charge on any atom is -0.246 e. The summed E-state index contributed by atoms with van der Waals surface area (Å²) in [6.45, 7) is 2.96. The van der Waals surface area contributed by atoms with E-state index in [-0.39, 0.29) is 0 Å². The molecule has 5 nitrogen and oxygen atoms in total. The zero-order valence-electron chi connectivity index (χ0n) is 7.10. The molecule has 10 heavy (non-hydrogen) atoms. The molecule has 0 aliphatic carbocycles. The standard InChI is InChI=1S/C5H17N5/c1-5-10(7-3)9(4)8-6-2/h6-8H,5H2,1-4H3. The highest BCUT2D eigenvalue weighted by molar-refractivity contribution is 4.33. The molecule has 0 atom stereocenters. The van der Waals surface area contributed by atoms with E-state index in [4.69, 9.17) is 0 Å². The molecule has 5 heteroatoms. The van der Waals surface area contributed by atoms with Crippen LogP contribution in [0.1, 0.15) is 6.92 Å². The average Bonchev–Trinajstić information content (AvgIpc) is 1.91. The van der Waals surface area contributed by atoms with Gasteiger partial charge in [0.25, 0.3) is 0 Å². The van der Waals surface area contributed by atoms with Gasteiger partial charge >= 0.3 is 0 Å². The molecule has 0 aromatic rings. The monoisotopic (exact) mass is 147 g/mol. The second-order valence-corrected chi connectivity index (χ2v) is 1.82. The Balaban J connectivity index is 3.53. The van der Waals surface area contributed by atoms with E-state index < -0.39 is 0 Å². The Hall–Kier alpha value is -0.200. The van der Waals surface area contributed by atoms with Gasteiger partial charge in [0.15, 0.2) is 0 Å². The Kier molecular flexibility index (Phi) is 5.46. The smallest absolute Gasteiger partial charge is 0.0276 e. The summed E-state index contributed by atoms with van der Waals surface area (Å²) < 4.78 is 0. The summed E-state index contributed by atoms with van der Waals surface area (Å²) in [4.78, 5) is 0. The summed E-state index contributed by atoms with van der Waals surface area (Å²) in [7, 11) is 5.60. The van der Waals surface area contributed by atoms with E-state index in [1.165, 1.54) is 0 Å². The van der Waals surface area contributed by atoms with Gasteiger partial charge in [-0.3, -0.25) is 0 Å². The van der Waals surface area contributed by atoms with Crippen LogP contribution in [0, 0.1) is 0 Å². The fraction of sp³-hybridized carbons (Fsp3) is 1.00. The largest absolute Gasteiger partial charge is 0.246 e. The van der Waals surface area contributed by atoms with Crippen molar-refractivity contribution in [3.8, 4) is 0 Å². The first-order chi connectivity index (χ1) is 4.76. The van der Waals surface area contributed by atoms with E-state index in [0.717, 1.165) is 6.54 Å². The first kappa shape index (κ1) is 9.80. The molecule has 0 unspecified atom stereocenters. The normalized spacial score (nSPS) is 11.4. The maximum Gasteiger partial charge on any atom is 0.0276 e. The molecule has 0 aliphatic rings. The lowest BCUT2D eigenvalue weighted by Gasteiger charge is -2.29.